The lowest BCUT2D eigenvalue weighted by atomic mass is 9.78. The van der Waals surface area contributed by atoms with Gasteiger partial charge in [-0.2, -0.15) is 0 Å². The van der Waals surface area contributed by atoms with Crippen LogP contribution in [0.2, 0.25) is 0 Å². The van der Waals surface area contributed by atoms with E-state index in [1.807, 2.05) is 0 Å². The summed E-state index contributed by atoms with van der Waals surface area (Å²) < 4.78 is 9.40. The Labute approximate surface area is 115 Å². The van der Waals surface area contributed by atoms with Crippen molar-refractivity contribution in [2.75, 3.05) is 0 Å². The number of ether oxygens (including phenoxy) is 2. The summed E-state index contributed by atoms with van der Waals surface area (Å²) in [6, 6.07) is 0. The number of hydrogen-bond acceptors (Lipinski definition) is 6. The summed E-state index contributed by atoms with van der Waals surface area (Å²) in [4.78, 5) is 46.7. The Morgan fingerprint density at radius 1 is 0.550 bits per heavy atom. The van der Waals surface area contributed by atoms with Gasteiger partial charge in [-0.3, -0.25) is 19.2 Å². The summed E-state index contributed by atoms with van der Waals surface area (Å²) >= 11 is 0. The van der Waals surface area contributed by atoms with Gasteiger partial charge in [-0.15, -0.1) is 0 Å². The van der Waals surface area contributed by atoms with Crippen LogP contribution in [0.3, 0.4) is 0 Å². The van der Waals surface area contributed by atoms with Gasteiger partial charge in [0.2, 0.25) is 0 Å². The van der Waals surface area contributed by atoms with Crippen LogP contribution in [-0.2, 0) is 28.7 Å². The maximum Gasteiger partial charge on any atom is 0.317 e. The average molecular weight is 280 g/mol. The molecule has 20 heavy (non-hydrogen) atoms. The Kier molecular flexibility index (Phi) is 3.31. The Morgan fingerprint density at radius 2 is 0.850 bits per heavy atom. The molecular formula is C14H16O6. The topological polar surface area (TPSA) is 86.7 Å². The second-order valence-electron chi connectivity index (χ2n) is 5.77. The van der Waals surface area contributed by atoms with Gasteiger partial charge in [0.15, 0.2) is 0 Å². The molecule has 0 aromatic carbocycles. The van der Waals surface area contributed by atoms with Crippen molar-refractivity contribution in [2.45, 2.75) is 38.5 Å². The minimum absolute atomic E-state index is 0.382. The van der Waals surface area contributed by atoms with E-state index in [0.29, 0.717) is 25.7 Å². The van der Waals surface area contributed by atoms with Crippen molar-refractivity contribution >= 4 is 23.9 Å². The molecular weight excluding hydrogens is 264 g/mol. The average Bonchev–Trinajstić information content (AvgIpc) is 2.82. The Morgan fingerprint density at radius 3 is 1.20 bits per heavy atom. The zero-order valence-electron chi connectivity index (χ0n) is 11.0. The fourth-order valence-corrected chi connectivity index (χ4v) is 3.52. The molecule has 6 nitrogen and oxygen atoms in total. The van der Waals surface area contributed by atoms with Crippen LogP contribution < -0.4 is 0 Å². The fourth-order valence-electron chi connectivity index (χ4n) is 3.52. The standard InChI is InChI=1S/C14H16O6/c15-11-7-3-1-2-4-8-10(14(18)20-12(8)16)6-5-9(7)13(17)19-11/h7-10H,1-6H2. The molecule has 1 aliphatic carbocycles. The number of carbonyl (C=O) groups excluding carboxylic acids is 4. The van der Waals surface area contributed by atoms with Crippen molar-refractivity contribution in [1.29, 1.82) is 0 Å². The molecule has 6 heteroatoms. The monoisotopic (exact) mass is 280 g/mol. The quantitative estimate of drug-likeness (QED) is 0.485. The van der Waals surface area contributed by atoms with Gasteiger partial charge >= 0.3 is 23.9 Å². The molecule has 1 saturated carbocycles. The first-order chi connectivity index (χ1) is 9.58. The van der Waals surface area contributed by atoms with Crippen molar-refractivity contribution < 1.29 is 28.7 Å². The number of esters is 4. The van der Waals surface area contributed by atoms with Crippen LogP contribution >= 0.6 is 0 Å². The largest absolute Gasteiger partial charge is 0.393 e. The molecule has 0 radical (unpaired) electrons. The zero-order chi connectivity index (χ0) is 14.3. The van der Waals surface area contributed by atoms with E-state index in [-0.39, 0.29) is 11.8 Å². The molecule has 0 aromatic rings. The smallest absolute Gasteiger partial charge is 0.317 e. The van der Waals surface area contributed by atoms with Crippen LogP contribution in [0.5, 0.6) is 0 Å². The summed E-state index contributed by atoms with van der Waals surface area (Å²) in [5, 5.41) is 0. The molecule has 2 saturated heterocycles. The first kappa shape index (κ1) is 13.3. The Hall–Kier alpha value is -1.72. The van der Waals surface area contributed by atoms with Crippen molar-refractivity contribution in [3.8, 4) is 0 Å². The van der Waals surface area contributed by atoms with E-state index in [0.717, 1.165) is 12.8 Å². The van der Waals surface area contributed by atoms with Crippen LogP contribution in [0.15, 0.2) is 0 Å². The minimum atomic E-state index is -0.491. The summed E-state index contributed by atoms with van der Waals surface area (Å²) in [5.74, 6) is -3.57. The van der Waals surface area contributed by atoms with E-state index in [4.69, 9.17) is 9.47 Å². The number of rotatable bonds is 0. The maximum absolute atomic E-state index is 11.7. The van der Waals surface area contributed by atoms with Crippen LogP contribution in [0.4, 0.5) is 0 Å². The van der Waals surface area contributed by atoms with Gasteiger partial charge in [0.05, 0.1) is 23.7 Å². The van der Waals surface area contributed by atoms with E-state index >= 15 is 0 Å². The molecule has 3 fully saturated rings. The minimum Gasteiger partial charge on any atom is -0.393 e. The van der Waals surface area contributed by atoms with Crippen molar-refractivity contribution in [1.82, 2.24) is 0 Å². The lowest BCUT2D eigenvalue weighted by Gasteiger charge is -2.19. The third-order valence-electron chi connectivity index (χ3n) is 4.65. The van der Waals surface area contributed by atoms with Crippen LogP contribution in [-0.4, -0.2) is 23.9 Å². The highest BCUT2D eigenvalue weighted by Crippen LogP contribution is 2.39. The molecule has 0 N–H and O–H groups in total. The lowest BCUT2D eigenvalue weighted by molar-refractivity contribution is -0.156. The number of cyclic esters (lactones) is 4. The Bertz CT molecular complexity index is 438. The molecule has 4 unspecified atom stereocenters. The zero-order valence-corrected chi connectivity index (χ0v) is 11.0. The maximum atomic E-state index is 11.7. The van der Waals surface area contributed by atoms with Gasteiger partial charge in [0.25, 0.3) is 0 Å². The third kappa shape index (κ3) is 2.13. The van der Waals surface area contributed by atoms with E-state index in [1.54, 1.807) is 0 Å². The van der Waals surface area contributed by atoms with Crippen molar-refractivity contribution in [2.24, 2.45) is 23.7 Å². The summed E-state index contributed by atoms with van der Waals surface area (Å²) in [7, 11) is 0. The van der Waals surface area contributed by atoms with Crippen LogP contribution in [0, 0.1) is 23.7 Å². The van der Waals surface area contributed by atoms with Gasteiger partial charge in [-0.05, 0) is 25.7 Å². The molecule has 0 amide bonds. The van der Waals surface area contributed by atoms with Crippen molar-refractivity contribution in [3.05, 3.63) is 0 Å². The molecule has 0 aromatic heterocycles. The molecule has 0 spiro atoms. The van der Waals surface area contributed by atoms with Gasteiger partial charge in [0, 0.05) is 0 Å². The first-order valence-corrected chi connectivity index (χ1v) is 7.09. The Balaban J connectivity index is 1.79. The molecule has 108 valence electrons. The highest BCUT2D eigenvalue weighted by molar-refractivity contribution is 5.97. The second-order valence-corrected chi connectivity index (χ2v) is 5.77. The van der Waals surface area contributed by atoms with Crippen molar-refractivity contribution in [3.63, 3.8) is 0 Å². The van der Waals surface area contributed by atoms with E-state index in [2.05, 4.69) is 0 Å². The number of carbonyl (C=O) groups is 4. The summed E-state index contributed by atoms with van der Waals surface area (Å²) in [6.45, 7) is 0. The number of hydrogen-bond donors (Lipinski definition) is 0. The first-order valence-electron chi connectivity index (χ1n) is 7.09. The fraction of sp³-hybridized carbons (Fsp3) is 0.714. The van der Waals surface area contributed by atoms with Gasteiger partial charge in [-0.1, -0.05) is 12.8 Å². The van der Waals surface area contributed by atoms with Gasteiger partial charge in [-0.25, -0.2) is 0 Å². The summed E-state index contributed by atoms with van der Waals surface area (Å²) in [5.41, 5.74) is 0. The normalized spacial score (nSPS) is 38.0. The molecule has 2 aliphatic heterocycles. The van der Waals surface area contributed by atoms with Crippen LogP contribution in [0.25, 0.3) is 0 Å². The molecule has 0 bridgehead atoms. The third-order valence-corrected chi connectivity index (χ3v) is 4.65. The molecule has 2 heterocycles. The second kappa shape index (κ2) is 5.00. The molecule has 4 atom stereocenters. The molecule has 3 aliphatic rings. The predicted octanol–water partition coefficient (Wildman–Crippen LogP) is 0.972. The van der Waals surface area contributed by atoms with Gasteiger partial charge in [0.1, 0.15) is 0 Å². The molecule has 3 rings (SSSR count). The SMILES string of the molecule is O=C1OC(=O)C2CCC3C(=O)OC(=O)C3CCCCC12. The van der Waals surface area contributed by atoms with E-state index < -0.39 is 35.7 Å². The predicted molar refractivity (Wildman–Crippen MR) is 63.9 cm³/mol. The van der Waals surface area contributed by atoms with Gasteiger partial charge < -0.3 is 9.47 Å². The van der Waals surface area contributed by atoms with Crippen LogP contribution in [0.1, 0.15) is 38.5 Å². The highest BCUT2D eigenvalue weighted by Gasteiger charge is 2.48. The number of fused-ring (bicyclic) bond motifs is 2. The van der Waals surface area contributed by atoms with E-state index in [1.165, 1.54) is 0 Å². The lowest BCUT2D eigenvalue weighted by Crippen LogP contribution is -2.24. The summed E-state index contributed by atoms with van der Waals surface area (Å²) in [6.07, 6.45) is 3.51. The highest BCUT2D eigenvalue weighted by atomic mass is 16.6. The van der Waals surface area contributed by atoms with E-state index in [9.17, 15) is 19.2 Å².